The molecule has 0 spiro atoms. The summed E-state index contributed by atoms with van der Waals surface area (Å²) in [6.07, 6.45) is 1.74. The lowest BCUT2D eigenvalue weighted by Gasteiger charge is -2.18. The van der Waals surface area contributed by atoms with E-state index in [0.29, 0.717) is 5.89 Å². The van der Waals surface area contributed by atoms with Crippen LogP contribution >= 0.6 is 0 Å². The average molecular weight is 322 g/mol. The van der Waals surface area contributed by atoms with Crippen LogP contribution in [0.25, 0.3) is 11.5 Å². The molecule has 3 aromatic rings. The molecule has 0 amide bonds. The van der Waals surface area contributed by atoms with Gasteiger partial charge in [0.05, 0.1) is 12.8 Å². The normalized spacial score (nSPS) is 11.0. The molecule has 1 aromatic heterocycles. The van der Waals surface area contributed by atoms with Gasteiger partial charge in [0.2, 0.25) is 5.89 Å². The van der Waals surface area contributed by atoms with Crippen molar-refractivity contribution in [2.45, 2.75) is 20.0 Å². The van der Waals surface area contributed by atoms with E-state index in [9.17, 15) is 0 Å². The summed E-state index contributed by atoms with van der Waals surface area (Å²) >= 11 is 0. The van der Waals surface area contributed by atoms with Crippen molar-refractivity contribution >= 4 is 0 Å². The molecule has 4 heteroatoms. The van der Waals surface area contributed by atoms with Crippen molar-refractivity contribution in [1.29, 1.82) is 0 Å². The van der Waals surface area contributed by atoms with Gasteiger partial charge in [0.1, 0.15) is 12.0 Å². The number of hydrogen-bond donors (Lipinski definition) is 0. The van der Waals surface area contributed by atoms with Crippen molar-refractivity contribution in [2.75, 3.05) is 13.7 Å². The highest BCUT2D eigenvalue weighted by atomic mass is 16.5. The first-order valence-corrected chi connectivity index (χ1v) is 8.13. The summed E-state index contributed by atoms with van der Waals surface area (Å²) < 4.78 is 10.8. The molecule has 0 saturated heterocycles. The third-order valence-corrected chi connectivity index (χ3v) is 3.97. The third kappa shape index (κ3) is 4.03. The number of hydrogen-bond acceptors (Lipinski definition) is 4. The molecule has 0 aliphatic rings. The van der Waals surface area contributed by atoms with Crippen LogP contribution in [0.5, 0.6) is 5.75 Å². The molecule has 0 atom stereocenters. The summed E-state index contributed by atoms with van der Waals surface area (Å²) in [4.78, 5) is 6.95. The van der Waals surface area contributed by atoms with E-state index in [2.05, 4.69) is 41.1 Å². The van der Waals surface area contributed by atoms with E-state index >= 15 is 0 Å². The first-order valence-electron chi connectivity index (χ1n) is 8.13. The first kappa shape index (κ1) is 16.3. The van der Waals surface area contributed by atoms with Gasteiger partial charge in [-0.05, 0) is 36.4 Å². The minimum Gasteiger partial charge on any atom is -0.497 e. The van der Waals surface area contributed by atoms with Crippen molar-refractivity contribution < 1.29 is 9.15 Å². The Hall–Kier alpha value is -2.59. The number of nitrogens with zero attached hydrogens (tertiary/aromatic N) is 2. The highest BCUT2D eigenvalue weighted by Gasteiger charge is 2.11. The molecule has 0 saturated carbocycles. The van der Waals surface area contributed by atoms with E-state index in [1.807, 2.05) is 30.3 Å². The van der Waals surface area contributed by atoms with Gasteiger partial charge >= 0.3 is 0 Å². The molecule has 3 rings (SSSR count). The summed E-state index contributed by atoms with van der Waals surface area (Å²) in [6.45, 7) is 4.79. The zero-order valence-corrected chi connectivity index (χ0v) is 14.1. The Morgan fingerprint density at radius 2 is 1.75 bits per heavy atom. The minimum absolute atomic E-state index is 0.642. The number of methoxy groups -OCH3 is 1. The van der Waals surface area contributed by atoms with Crippen molar-refractivity contribution in [2.24, 2.45) is 0 Å². The predicted octanol–water partition coefficient (Wildman–Crippen LogP) is 4.37. The van der Waals surface area contributed by atoms with E-state index in [0.717, 1.165) is 36.6 Å². The van der Waals surface area contributed by atoms with Crippen LogP contribution in [-0.4, -0.2) is 23.5 Å². The molecule has 0 unspecified atom stereocenters. The second-order valence-electron chi connectivity index (χ2n) is 5.66. The van der Waals surface area contributed by atoms with E-state index < -0.39 is 0 Å². The molecule has 0 fully saturated rings. The molecular weight excluding hydrogens is 300 g/mol. The monoisotopic (exact) mass is 322 g/mol. The summed E-state index contributed by atoms with van der Waals surface area (Å²) in [5.41, 5.74) is 3.20. The van der Waals surface area contributed by atoms with Crippen LogP contribution in [0.15, 0.2) is 65.3 Å². The number of rotatable bonds is 7. The number of aromatic nitrogens is 1. The standard InChI is InChI=1S/C20H22N2O2/c1-3-22(13-16-7-5-4-6-8-16)14-18-15-24-20(21-18)17-9-11-19(23-2)12-10-17/h4-12,15H,3,13-14H2,1-2H3. The lowest BCUT2D eigenvalue weighted by molar-refractivity contribution is 0.268. The molecule has 1 heterocycles. The van der Waals surface area contributed by atoms with Crippen molar-refractivity contribution in [3.8, 4) is 17.2 Å². The fourth-order valence-electron chi connectivity index (χ4n) is 2.60. The fourth-order valence-corrected chi connectivity index (χ4v) is 2.60. The second-order valence-corrected chi connectivity index (χ2v) is 5.66. The maximum absolute atomic E-state index is 5.64. The van der Waals surface area contributed by atoms with Gasteiger partial charge in [-0.2, -0.15) is 0 Å². The second kappa shape index (κ2) is 7.79. The Bertz CT molecular complexity index is 751. The fraction of sp³-hybridized carbons (Fsp3) is 0.250. The lowest BCUT2D eigenvalue weighted by Crippen LogP contribution is -2.22. The van der Waals surface area contributed by atoms with Crippen LogP contribution in [0.4, 0.5) is 0 Å². The molecular formula is C20H22N2O2. The number of ether oxygens (including phenoxy) is 1. The Balaban J connectivity index is 1.67. The Morgan fingerprint density at radius 1 is 1.00 bits per heavy atom. The highest BCUT2D eigenvalue weighted by molar-refractivity contribution is 5.54. The van der Waals surface area contributed by atoms with Gasteiger partial charge in [0, 0.05) is 18.7 Å². The van der Waals surface area contributed by atoms with Gasteiger partial charge in [-0.3, -0.25) is 4.90 Å². The molecule has 24 heavy (non-hydrogen) atoms. The number of benzene rings is 2. The maximum atomic E-state index is 5.64. The van der Waals surface area contributed by atoms with Gasteiger partial charge in [-0.15, -0.1) is 0 Å². The maximum Gasteiger partial charge on any atom is 0.226 e. The highest BCUT2D eigenvalue weighted by Crippen LogP contribution is 2.22. The van der Waals surface area contributed by atoms with Crippen molar-refractivity contribution in [3.05, 3.63) is 72.1 Å². The molecule has 0 radical (unpaired) electrons. The summed E-state index contributed by atoms with van der Waals surface area (Å²) in [5, 5.41) is 0. The van der Waals surface area contributed by atoms with Crippen molar-refractivity contribution in [3.63, 3.8) is 0 Å². The van der Waals surface area contributed by atoms with Gasteiger partial charge in [0.25, 0.3) is 0 Å². The molecule has 0 aliphatic carbocycles. The molecule has 2 aromatic carbocycles. The molecule has 0 bridgehead atoms. The van der Waals surface area contributed by atoms with Crippen LogP contribution in [0.1, 0.15) is 18.2 Å². The molecule has 0 N–H and O–H groups in total. The smallest absolute Gasteiger partial charge is 0.226 e. The van der Waals surface area contributed by atoms with Gasteiger partial charge in [-0.1, -0.05) is 37.3 Å². The van der Waals surface area contributed by atoms with Crippen LogP contribution in [0, 0.1) is 0 Å². The largest absolute Gasteiger partial charge is 0.497 e. The van der Waals surface area contributed by atoms with E-state index in [4.69, 9.17) is 9.15 Å². The minimum atomic E-state index is 0.642. The van der Waals surface area contributed by atoms with Crippen LogP contribution < -0.4 is 4.74 Å². The Kier molecular flexibility index (Phi) is 5.29. The summed E-state index contributed by atoms with van der Waals surface area (Å²) in [7, 11) is 1.66. The first-order chi connectivity index (χ1) is 11.8. The van der Waals surface area contributed by atoms with Crippen molar-refractivity contribution in [1.82, 2.24) is 9.88 Å². The quantitative estimate of drug-likeness (QED) is 0.647. The average Bonchev–Trinajstić information content (AvgIpc) is 3.10. The van der Waals surface area contributed by atoms with Gasteiger partial charge in [0.15, 0.2) is 0 Å². The third-order valence-electron chi connectivity index (χ3n) is 3.97. The molecule has 0 aliphatic heterocycles. The SMILES string of the molecule is CCN(Cc1ccccc1)Cc1coc(-c2ccc(OC)cc2)n1. The van der Waals surface area contributed by atoms with Gasteiger partial charge in [-0.25, -0.2) is 4.98 Å². The molecule has 4 nitrogen and oxygen atoms in total. The van der Waals surface area contributed by atoms with Crippen LogP contribution in [-0.2, 0) is 13.1 Å². The molecule has 124 valence electrons. The Morgan fingerprint density at radius 3 is 2.42 bits per heavy atom. The summed E-state index contributed by atoms with van der Waals surface area (Å²) in [6, 6.07) is 18.2. The predicted molar refractivity (Wildman–Crippen MR) is 94.7 cm³/mol. The van der Waals surface area contributed by atoms with Crippen LogP contribution in [0.3, 0.4) is 0 Å². The Labute approximate surface area is 142 Å². The summed E-state index contributed by atoms with van der Waals surface area (Å²) in [5.74, 6) is 1.47. The van der Waals surface area contributed by atoms with E-state index in [1.54, 1.807) is 13.4 Å². The van der Waals surface area contributed by atoms with E-state index in [1.165, 1.54) is 5.56 Å². The zero-order chi connectivity index (χ0) is 16.8. The number of oxazole rings is 1. The topological polar surface area (TPSA) is 38.5 Å². The van der Waals surface area contributed by atoms with Gasteiger partial charge < -0.3 is 9.15 Å². The van der Waals surface area contributed by atoms with Crippen LogP contribution in [0.2, 0.25) is 0 Å². The van der Waals surface area contributed by atoms with E-state index in [-0.39, 0.29) is 0 Å². The zero-order valence-electron chi connectivity index (χ0n) is 14.1. The lowest BCUT2D eigenvalue weighted by atomic mass is 10.2.